The third-order valence-electron chi connectivity index (χ3n) is 5.52. The fourth-order valence-electron chi connectivity index (χ4n) is 3.57. The van der Waals surface area contributed by atoms with Crippen LogP contribution in [0.3, 0.4) is 0 Å². The summed E-state index contributed by atoms with van der Waals surface area (Å²) in [6.45, 7) is 4.35. The lowest BCUT2D eigenvalue weighted by molar-refractivity contribution is -0.120. The van der Waals surface area contributed by atoms with Gasteiger partial charge < -0.3 is 14.8 Å². The van der Waals surface area contributed by atoms with Crippen molar-refractivity contribution < 1.29 is 14.3 Å². The van der Waals surface area contributed by atoms with Crippen molar-refractivity contribution in [1.82, 2.24) is 20.1 Å². The average molecular weight is 489 g/mol. The van der Waals surface area contributed by atoms with E-state index in [1.807, 2.05) is 85.1 Å². The molecule has 0 aliphatic heterocycles. The third-order valence-corrected chi connectivity index (χ3v) is 6.56. The van der Waals surface area contributed by atoms with E-state index in [1.54, 1.807) is 14.2 Å². The Morgan fingerprint density at radius 3 is 2.26 bits per heavy atom. The van der Waals surface area contributed by atoms with Gasteiger partial charge in [0.25, 0.3) is 0 Å². The van der Waals surface area contributed by atoms with E-state index < -0.39 is 0 Å². The number of nitrogens with zero attached hydrogens (tertiary/aromatic N) is 3. The maximum absolute atomic E-state index is 12.9. The summed E-state index contributed by atoms with van der Waals surface area (Å²) in [5.41, 5.74) is 3.98. The number of hydrogen-bond acceptors (Lipinski definition) is 6. The first-order valence-electron chi connectivity index (χ1n) is 11.2. The first-order valence-corrected chi connectivity index (χ1v) is 12.1. The monoisotopic (exact) mass is 488 g/mol. The maximum atomic E-state index is 12.9. The van der Waals surface area contributed by atoms with Gasteiger partial charge in [0.05, 0.1) is 19.5 Å². The number of carbonyl (C=O) groups is 1. The van der Waals surface area contributed by atoms with E-state index in [1.165, 1.54) is 11.8 Å². The van der Waals surface area contributed by atoms with E-state index in [0.717, 1.165) is 33.9 Å². The first kappa shape index (κ1) is 24.3. The van der Waals surface area contributed by atoms with Gasteiger partial charge in [-0.3, -0.25) is 9.36 Å². The molecular weight excluding hydrogens is 460 g/mol. The summed E-state index contributed by atoms with van der Waals surface area (Å²) in [5, 5.41) is 12.2. The highest BCUT2D eigenvalue weighted by atomic mass is 32.2. The summed E-state index contributed by atoms with van der Waals surface area (Å²) in [7, 11) is 3.27. The zero-order valence-electron chi connectivity index (χ0n) is 20.2. The maximum Gasteiger partial charge on any atom is 0.233 e. The number of rotatable bonds is 9. The Hall–Kier alpha value is -3.78. The second-order valence-electron chi connectivity index (χ2n) is 8.04. The van der Waals surface area contributed by atoms with Crippen molar-refractivity contribution in [3.05, 3.63) is 83.9 Å². The zero-order chi connectivity index (χ0) is 24.8. The van der Waals surface area contributed by atoms with Gasteiger partial charge in [0, 0.05) is 17.8 Å². The number of ether oxygens (including phenoxy) is 2. The van der Waals surface area contributed by atoms with Gasteiger partial charge in [-0.1, -0.05) is 47.7 Å². The zero-order valence-corrected chi connectivity index (χ0v) is 21.0. The fourth-order valence-corrected chi connectivity index (χ4v) is 4.46. The standard InChI is InChI=1S/C27H28N4O3S/c1-18-6-5-7-21(16-18)25-29-30-27(31(25)22-10-14-24(34-4)15-11-22)35-19(2)26(32)28-17-20-8-12-23(33-3)13-9-20/h5-16,19H,17H2,1-4H3,(H,28,32)/t19-/m1/s1. The topological polar surface area (TPSA) is 78.3 Å². The van der Waals surface area contributed by atoms with Crippen molar-refractivity contribution in [3.63, 3.8) is 0 Å². The lowest BCUT2D eigenvalue weighted by Gasteiger charge is -2.14. The predicted molar refractivity (Wildman–Crippen MR) is 138 cm³/mol. The summed E-state index contributed by atoms with van der Waals surface area (Å²) in [6, 6.07) is 23.5. The van der Waals surface area contributed by atoms with Gasteiger partial charge in [0.1, 0.15) is 11.5 Å². The Balaban J connectivity index is 1.56. The molecule has 1 N–H and O–H groups in total. The highest BCUT2D eigenvalue weighted by Gasteiger charge is 2.22. The van der Waals surface area contributed by atoms with Gasteiger partial charge >= 0.3 is 0 Å². The molecule has 3 aromatic carbocycles. The molecule has 7 nitrogen and oxygen atoms in total. The lowest BCUT2D eigenvalue weighted by atomic mass is 10.1. The highest BCUT2D eigenvalue weighted by Crippen LogP contribution is 2.31. The van der Waals surface area contributed by atoms with Crippen LogP contribution < -0.4 is 14.8 Å². The van der Waals surface area contributed by atoms with Crippen LogP contribution in [-0.4, -0.2) is 40.1 Å². The Labute approximate surface area is 209 Å². The van der Waals surface area contributed by atoms with E-state index >= 15 is 0 Å². The molecule has 8 heteroatoms. The van der Waals surface area contributed by atoms with Crippen molar-refractivity contribution in [1.29, 1.82) is 0 Å². The van der Waals surface area contributed by atoms with Crippen molar-refractivity contribution in [2.45, 2.75) is 30.8 Å². The number of benzene rings is 3. The van der Waals surface area contributed by atoms with Gasteiger partial charge in [0.15, 0.2) is 11.0 Å². The van der Waals surface area contributed by atoms with Crippen LogP contribution in [0.2, 0.25) is 0 Å². The van der Waals surface area contributed by atoms with Crippen LogP contribution >= 0.6 is 11.8 Å². The summed E-state index contributed by atoms with van der Waals surface area (Å²) in [6.07, 6.45) is 0. The minimum Gasteiger partial charge on any atom is -0.497 e. The Morgan fingerprint density at radius 2 is 1.63 bits per heavy atom. The molecule has 35 heavy (non-hydrogen) atoms. The van der Waals surface area contributed by atoms with Gasteiger partial charge in [-0.25, -0.2) is 0 Å². The molecule has 1 amide bonds. The molecule has 0 saturated heterocycles. The van der Waals surface area contributed by atoms with Crippen LogP contribution in [0.25, 0.3) is 17.1 Å². The largest absolute Gasteiger partial charge is 0.497 e. The number of nitrogens with one attached hydrogen (secondary N) is 1. The molecule has 0 unspecified atom stereocenters. The lowest BCUT2D eigenvalue weighted by Crippen LogP contribution is -2.30. The number of amides is 1. The molecular formula is C27H28N4O3S. The number of thioether (sulfide) groups is 1. The summed E-state index contributed by atoms with van der Waals surface area (Å²) >= 11 is 1.37. The van der Waals surface area contributed by atoms with Crippen LogP contribution in [0.4, 0.5) is 0 Å². The second-order valence-corrected chi connectivity index (χ2v) is 9.34. The molecule has 1 atom stereocenters. The summed E-state index contributed by atoms with van der Waals surface area (Å²) < 4.78 is 12.5. The van der Waals surface area contributed by atoms with Gasteiger partial charge in [-0.15, -0.1) is 10.2 Å². The first-order chi connectivity index (χ1) is 17.0. The van der Waals surface area contributed by atoms with Gasteiger partial charge in [-0.2, -0.15) is 0 Å². The number of carbonyl (C=O) groups excluding carboxylic acids is 1. The van der Waals surface area contributed by atoms with Crippen LogP contribution in [-0.2, 0) is 11.3 Å². The predicted octanol–water partition coefficient (Wildman–Crippen LogP) is 5.06. The van der Waals surface area contributed by atoms with Crippen LogP contribution in [0.5, 0.6) is 11.5 Å². The molecule has 0 aliphatic carbocycles. The molecule has 0 spiro atoms. The van der Waals surface area contributed by atoms with E-state index in [-0.39, 0.29) is 11.2 Å². The summed E-state index contributed by atoms with van der Waals surface area (Å²) in [4.78, 5) is 12.9. The Morgan fingerprint density at radius 1 is 0.971 bits per heavy atom. The van der Waals surface area contributed by atoms with E-state index in [2.05, 4.69) is 21.6 Å². The highest BCUT2D eigenvalue weighted by molar-refractivity contribution is 8.00. The van der Waals surface area contributed by atoms with E-state index in [9.17, 15) is 4.79 Å². The van der Waals surface area contributed by atoms with Crippen molar-refractivity contribution in [3.8, 4) is 28.6 Å². The summed E-state index contributed by atoms with van der Waals surface area (Å²) in [5.74, 6) is 2.19. The average Bonchev–Trinajstić information content (AvgIpc) is 3.31. The SMILES string of the molecule is COc1ccc(CNC(=O)[C@@H](C)Sc2nnc(-c3cccc(C)c3)n2-c2ccc(OC)cc2)cc1. The van der Waals surface area contributed by atoms with Gasteiger partial charge in [-0.05, 0) is 61.9 Å². The molecule has 4 aromatic rings. The molecule has 180 valence electrons. The van der Waals surface area contributed by atoms with Gasteiger partial charge in [0.2, 0.25) is 5.91 Å². The number of methoxy groups -OCH3 is 2. The number of aryl methyl sites for hydroxylation is 1. The van der Waals surface area contributed by atoms with Crippen LogP contribution in [0, 0.1) is 6.92 Å². The van der Waals surface area contributed by atoms with Crippen LogP contribution in [0.1, 0.15) is 18.1 Å². The Kier molecular flexibility index (Phi) is 7.72. The van der Waals surface area contributed by atoms with Crippen molar-refractivity contribution in [2.24, 2.45) is 0 Å². The van der Waals surface area contributed by atoms with E-state index in [0.29, 0.717) is 17.5 Å². The minimum atomic E-state index is -0.375. The minimum absolute atomic E-state index is 0.0767. The molecule has 0 radical (unpaired) electrons. The van der Waals surface area contributed by atoms with Crippen molar-refractivity contribution >= 4 is 17.7 Å². The smallest absolute Gasteiger partial charge is 0.233 e. The number of aromatic nitrogens is 3. The molecule has 4 rings (SSSR count). The Bertz CT molecular complexity index is 1290. The quantitative estimate of drug-likeness (QED) is 0.332. The number of hydrogen-bond donors (Lipinski definition) is 1. The molecule has 1 aromatic heterocycles. The third kappa shape index (κ3) is 5.84. The molecule has 0 bridgehead atoms. The molecule has 0 fully saturated rings. The fraction of sp³-hybridized carbons (Fsp3) is 0.222. The molecule has 0 saturated carbocycles. The molecule has 0 aliphatic rings. The van der Waals surface area contributed by atoms with E-state index in [4.69, 9.17) is 9.47 Å². The van der Waals surface area contributed by atoms with Crippen molar-refractivity contribution in [2.75, 3.05) is 14.2 Å². The normalized spacial score (nSPS) is 11.7. The second kappa shape index (κ2) is 11.1. The molecule has 1 heterocycles. The van der Waals surface area contributed by atoms with Crippen LogP contribution in [0.15, 0.2) is 78.0 Å².